The van der Waals surface area contributed by atoms with Crippen LogP contribution in [0.3, 0.4) is 0 Å². The topological polar surface area (TPSA) is 70.7 Å². The Morgan fingerprint density at radius 3 is 2.59 bits per heavy atom. The molecule has 2 rings (SSSR count). The van der Waals surface area contributed by atoms with E-state index >= 15 is 0 Å². The summed E-state index contributed by atoms with van der Waals surface area (Å²) in [7, 11) is 3.36. The van der Waals surface area contributed by atoms with Crippen LogP contribution in [0.1, 0.15) is 15.9 Å². The lowest BCUT2D eigenvalue weighted by Gasteiger charge is -2.27. The number of benzene rings is 1. The Labute approximate surface area is 136 Å². The molecule has 0 aliphatic carbocycles. The summed E-state index contributed by atoms with van der Waals surface area (Å²) in [6.07, 6.45) is -0.408. The summed E-state index contributed by atoms with van der Waals surface area (Å²) in [4.78, 5) is 25.3. The summed E-state index contributed by atoms with van der Waals surface area (Å²) in [6.45, 7) is 2.39. The zero-order valence-electron chi connectivity index (χ0n) is 12.8. The van der Waals surface area contributed by atoms with Gasteiger partial charge in [-0.15, -0.1) is 12.4 Å². The average Bonchev–Trinajstić information content (AvgIpc) is 2.55. The lowest BCUT2D eigenvalue weighted by atomic mass is 10.1. The Bertz CT molecular complexity index is 501. The van der Waals surface area contributed by atoms with Crippen LogP contribution in [-0.4, -0.2) is 56.6 Å². The van der Waals surface area contributed by atoms with Crippen molar-refractivity contribution in [2.75, 3.05) is 33.8 Å². The molecule has 1 aromatic rings. The maximum absolute atomic E-state index is 12.2. The highest BCUT2D eigenvalue weighted by atomic mass is 35.5. The number of morpholine rings is 1. The van der Waals surface area contributed by atoms with E-state index in [9.17, 15) is 9.59 Å². The predicted molar refractivity (Wildman–Crippen MR) is 86.2 cm³/mol. The molecule has 2 N–H and O–H groups in total. The molecule has 1 aliphatic rings. The lowest BCUT2D eigenvalue weighted by Crippen LogP contribution is -2.48. The molecule has 1 saturated heterocycles. The molecule has 7 heteroatoms. The van der Waals surface area contributed by atoms with Gasteiger partial charge in [0.05, 0.1) is 6.61 Å². The monoisotopic (exact) mass is 327 g/mol. The van der Waals surface area contributed by atoms with Crippen LogP contribution in [0.25, 0.3) is 0 Å². The first-order chi connectivity index (χ1) is 10.1. The fourth-order valence-electron chi connectivity index (χ4n) is 2.23. The molecule has 122 valence electrons. The predicted octanol–water partition coefficient (Wildman–Crippen LogP) is 0.415. The van der Waals surface area contributed by atoms with Crippen molar-refractivity contribution >= 4 is 24.2 Å². The second-order valence-corrected chi connectivity index (χ2v) is 5.03. The number of carbonyl (C=O) groups is 2. The van der Waals surface area contributed by atoms with Gasteiger partial charge in [-0.05, 0) is 17.7 Å². The van der Waals surface area contributed by atoms with Crippen LogP contribution in [0.15, 0.2) is 24.3 Å². The minimum atomic E-state index is -0.408. The lowest BCUT2D eigenvalue weighted by molar-refractivity contribution is -0.144. The Morgan fingerprint density at radius 2 is 2.05 bits per heavy atom. The van der Waals surface area contributed by atoms with Gasteiger partial charge in [-0.1, -0.05) is 12.1 Å². The number of ether oxygens (including phenoxy) is 1. The molecule has 1 atom stereocenters. The van der Waals surface area contributed by atoms with Crippen molar-refractivity contribution in [2.24, 2.45) is 0 Å². The highest BCUT2D eigenvalue weighted by Gasteiger charge is 2.24. The molecule has 1 fully saturated rings. The summed E-state index contributed by atoms with van der Waals surface area (Å²) in [5, 5.41) is 5.72. The van der Waals surface area contributed by atoms with E-state index < -0.39 is 6.10 Å². The molecule has 0 spiro atoms. The number of amides is 2. The van der Waals surface area contributed by atoms with Crippen molar-refractivity contribution in [2.45, 2.75) is 12.6 Å². The number of halogens is 1. The van der Waals surface area contributed by atoms with Gasteiger partial charge in [0.15, 0.2) is 0 Å². The molecule has 22 heavy (non-hydrogen) atoms. The van der Waals surface area contributed by atoms with Crippen molar-refractivity contribution in [3.05, 3.63) is 35.4 Å². The van der Waals surface area contributed by atoms with Gasteiger partial charge in [0, 0.05) is 39.3 Å². The van der Waals surface area contributed by atoms with Gasteiger partial charge in [0.2, 0.25) is 0 Å². The number of carbonyl (C=O) groups excluding carboxylic acids is 2. The van der Waals surface area contributed by atoms with E-state index in [0.29, 0.717) is 25.3 Å². The van der Waals surface area contributed by atoms with Gasteiger partial charge in [0.25, 0.3) is 11.8 Å². The van der Waals surface area contributed by atoms with E-state index in [0.717, 1.165) is 12.1 Å². The normalized spacial score (nSPS) is 17.3. The fraction of sp³-hybridized carbons (Fsp3) is 0.467. The molecule has 1 aromatic carbocycles. The van der Waals surface area contributed by atoms with Crippen molar-refractivity contribution in [1.29, 1.82) is 0 Å². The van der Waals surface area contributed by atoms with Crippen LogP contribution in [-0.2, 0) is 16.1 Å². The Hall–Kier alpha value is -1.63. The number of nitrogens with one attached hydrogen (secondary N) is 2. The molecular formula is C15H22ClN3O3. The van der Waals surface area contributed by atoms with E-state index in [-0.39, 0.29) is 24.2 Å². The van der Waals surface area contributed by atoms with Crippen molar-refractivity contribution in [3.63, 3.8) is 0 Å². The molecule has 0 aromatic heterocycles. The van der Waals surface area contributed by atoms with Crippen molar-refractivity contribution < 1.29 is 14.3 Å². The molecule has 1 heterocycles. The minimum Gasteiger partial charge on any atom is -0.366 e. The van der Waals surface area contributed by atoms with Gasteiger partial charge >= 0.3 is 0 Å². The Kier molecular flexibility index (Phi) is 7.31. The first-order valence-corrected chi connectivity index (χ1v) is 7.00. The molecule has 0 radical (unpaired) electrons. The second-order valence-electron chi connectivity index (χ2n) is 5.03. The summed E-state index contributed by atoms with van der Waals surface area (Å²) in [5.41, 5.74) is 1.58. The van der Waals surface area contributed by atoms with Gasteiger partial charge in [-0.25, -0.2) is 0 Å². The minimum absolute atomic E-state index is 0. The molecule has 0 saturated carbocycles. The van der Waals surface area contributed by atoms with Crippen LogP contribution < -0.4 is 10.6 Å². The van der Waals surface area contributed by atoms with Crippen LogP contribution in [0, 0.1) is 0 Å². The van der Waals surface area contributed by atoms with Gasteiger partial charge in [-0.2, -0.15) is 0 Å². The van der Waals surface area contributed by atoms with Crippen molar-refractivity contribution in [1.82, 2.24) is 15.5 Å². The maximum atomic E-state index is 12.2. The highest BCUT2D eigenvalue weighted by Crippen LogP contribution is 2.09. The average molecular weight is 328 g/mol. The number of nitrogens with zero attached hydrogens (tertiary/aromatic N) is 1. The zero-order valence-corrected chi connectivity index (χ0v) is 13.6. The largest absolute Gasteiger partial charge is 0.366 e. The SMILES string of the molecule is CNC(=O)c1ccc(CN(C)C(=O)C2CNCCO2)cc1.Cl. The van der Waals surface area contributed by atoms with E-state index in [1.165, 1.54) is 0 Å². The van der Waals surface area contributed by atoms with E-state index in [4.69, 9.17) is 4.74 Å². The molecule has 2 amide bonds. The third kappa shape index (κ3) is 4.69. The van der Waals surface area contributed by atoms with Gasteiger partial charge in [-0.3, -0.25) is 9.59 Å². The third-order valence-corrected chi connectivity index (χ3v) is 3.44. The van der Waals surface area contributed by atoms with Crippen LogP contribution in [0.2, 0.25) is 0 Å². The highest BCUT2D eigenvalue weighted by molar-refractivity contribution is 5.93. The molecular weight excluding hydrogens is 306 g/mol. The molecule has 1 unspecified atom stereocenters. The number of rotatable bonds is 4. The zero-order chi connectivity index (χ0) is 15.2. The summed E-state index contributed by atoms with van der Waals surface area (Å²) >= 11 is 0. The molecule has 1 aliphatic heterocycles. The van der Waals surface area contributed by atoms with Crippen LogP contribution in [0.5, 0.6) is 0 Å². The van der Waals surface area contributed by atoms with Crippen LogP contribution >= 0.6 is 12.4 Å². The standard InChI is InChI=1S/C15H21N3O3.ClH/c1-16-14(19)12-5-3-11(4-6-12)10-18(2)15(20)13-9-17-7-8-21-13;/h3-6,13,17H,7-10H2,1-2H3,(H,16,19);1H. The third-order valence-electron chi connectivity index (χ3n) is 3.44. The van der Waals surface area contributed by atoms with Gasteiger partial charge < -0.3 is 20.3 Å². The molecule has 6 nitrogen and oxygen atoms in total. The van der Waals surface area contributed by atoms with E-state index in [2.05, 4.69) is 10.6 Å². The Balaban J connectivity index is 0.00000242. The summed E-state index contributed by atoms with van der Waals surface area (Å²) in [6, 6.07) is 7.22. The van der Waals surface area contributed by atoms with E-state index in [1.807, 2.05) is 12.1 Å². The maximum Gasteiger partial charge on any atom is 0.253 e. The number of hydrogen-bond acceptors (Lipinski definition) is 4. The summed E-state index contributed by atoms with van der Waals surface area (Å²) < 4.78 is 5.46. The van der Waals surface area contributed by atoms with E-state index in [1.54, 1.807) is 31.1 Å². The fourth-order valence-corrected chi connectivity index (χ4v) is 2.23. The first kappa shape index (κ1) is 18.4. The number of hydrogen-bond donors (Lipinski definition) is 2. The summed E-state index contributed by atoms with van der Waals surface area (Å²) in [5.74, 6) is -0.148. The van der Waals surface area contributed by atoms with Gasteiger partial charge in [0.1, 0.15) is 6.10 Å². The number of likely N-dealkylation sites (N-methyl/N-ethyl adjacent to an activating group) is 1. The first-order valence-electron chi connectivity index (χ1n) is 7.00. The van der Waals surface area contributed by atoms with Crippen molar-refractivity contribution in [3.8, 4) is 0 Å². The quantitative estimate of drug-likeness (QED) is 0.840. The second kappa shape index (κ2) is 8.73. The smallest absolute Gasteiger partial charge is 0.253 e. The van der Waals surface area contributed by atoms with Crippen LogP contribution in [0.4, 0.5) is 0 Å². The Morgan fingerprint density at radius 1 is 1.36 bits per heavy atom. The molecule has 0 bridgehead atoms.